The van der Waals surface area contributed by atoms with Crippen molar-refractivity contribution in [1.29, 1.82) is 0 Å². The lowest BCUT2D eigenvalue weighted by molar-refractivity contribution is -0.104. The van der Waals surface area contributed by atoms with Gasteiger partial charge in [0.15, 0.2) is 5.90 Å². The number of carbonyl (C=O) groups is 1. The fourth-order valence-electron chi connectivity index (χ4n) is 2.81. The van der Waals surface area contributed by atoms with Crippen LogP contribution in [0.1, 0.15) is 30.5 Å². The molecule has 148 valence electrons. The molecule has 1 unspecified atom stereocenters. The number of halogens is 1. The predicted molar refractivity (Wildman–Crippen MR) is 116 cm³/mol. The molecule has 1 atom stereocenters. The third-order valence-electron chi connectivity index (χ3n) is 4.36. The maximum absolute atomic E-state index is 11.2. The van der Waals surface area contributed by atoms with E-state index in [0.29, 0.717) is 28.9 Å². The Labute approximate surface area is 172 Å². The number of aryl methyl sites for hydroxylation is 1. The van der Waals surface area contributed by atoms with Crippen molar-refractivity contribution in [1.82, 2.24) is 5.32 Å². The molecule has 0 aromatic heterocycles. The summed E-state index contributed by atoms with van der Waals surface area (Å²) in [6.07, 6.45) is 1.54. The first-order valence-corrected chi connectivity index (χ1v) is 9.66. The Balaban J connectivity index is 2.25. The maximum atomic E-state index is 11.2. The van der Waals surface area contributed by atoms with Crippen LogP contribution in [0.25, 0.3) is 0 Å². The van der Waals surface area contributed by atoms with Gasteiger partial charge in [-0.2, -0.15) is 4.99 Å². The van der Waals surface area contributed by atoms with Gasteiger partial charge in [-0.05, 0) is 43.5 Å². The molecule has 0 bridgehead atoms. The van der Waals surface area contributed by atoms with Gasteiger partial charge in [0.05, 0.1) is 0 Å². The standard InChI is InChI=1S/C23H27ClN2O2/c1-16-6-5-7-20(12-16)15-28-23(26-22(25-4)18(3)14-27)17(2)13-19-8-10-21(24)11-9-19/h5-12,14,17,25H,13,15H2,1-4H3/b22-18+,26-23?. The van der Waals surface area contributed by atoms with Crippen LogP contribution in [0.5, 0.6) is 0 Å². The van der Waals surface area contributed by atoms with Gasteiger partial charge < -0.3 is 10.1 Å². The third-order valence-corrected chi connectivity index (χ3v) is 4.61. The third kappa shape index (κ3) is 6.54. The molecule has 0 amide bonds. The van der Waals surface area contributed by atoms with Gasteiger partial charge in [-0.3, -0.25) is 4.79 Å². The van der Waals surface area contributed by atoms with Crippen LogP contribution in [-0.4, -0.2) is 19.2 Å². The summed E-state index contributed by atoms with van der Waals surface area (Å²) >= 11 is 5.98. The molecule has 4 nitrogen and oxygen atoms in total. The van der Waals surface area contributed by atoms with Gasteiger partial charge in [-0.25, -0.2) is 0 Å². The fraction of sp³-hybridized carbons (Fsp3) is 0.304. The second-order valence-corrected chi connectivity index (χ2v) is 7.30. The van der Waals surface area contributed by atoms with Crippen molar-refractivity contribution in [2.75, 3.05) is 7.05 Å². The van der Waals surface area contributed by atoms with Gasteiger partial charge in [0, 0.05) is 23.6 Å². The first-order valence-electron chi connectivity index (χ1n) is 9.28. The molecule has 28 heavy (non-hydrogen) atoms. The first-order chi connectivity index (χ1) is 13.4. The fourth-order valence-corrected chi connectivity index (χ4v) is 2.94. The van der Waals surface area contributed by atoms with E-state index in [9.17, 15) is 4.79 Å². The Hall–Kier alpha value is -2.59. The molecule has 0 heterocycles. The normalized spacial score (nSPS) is 13.5. The molecule has 0 spiro atoms. The van der Waals surface area contributed by atoms with Gasteiger partial charge in [0.2, 0.25) is 0 Å². The summed E-state index contributed by atoms with van der Waals surface area (Å²) in [5.41, 5.74) is 3.93. The topological polar surface area (TPSA) is 50.7 Å². The minimum atomic E-state index is 0.0220. The van der Waals surface area contributed by atoms with E-state index in [2.05, 4.69) is 36.3 Å². The van der Waals surface area contributed by atoms with Crippen molar-refractivity contribution >= 4 is 23.8 Å². The quantitative estimate of drug-likeness (QED) is 0.291. The van der Waals surface area contributed by atoms with Gasteiger partial charge in [0.25, 0.3) is 0 Å². The van der Waals surface area contributed by atoms with Crippen LogP contribution in [0.3, 0.4) is 0 Å². The first kappa shape index (κ1) is 21.7. The summed E-state index contributed by atoms with van der Waals surface area (Å²) in [5, 5.41) is 3.69. The van der Waals surface area contributed by atoms with Crippen LogP contribution in [0, 0.1) is 12.8 Å². The van der Waals surface area contributed by atoms with Crippen LogP contribution in [0.4, 0.5) is 0 Å². The second-order valence-electron chi connectivity index (χ2n) is 6.86. The molecule has 0 radical (unpaired) electrons. The van der Waals surface area contributed by atoms with Gasteiger partial charge in [-0.15, -0.1) is 0 Å². The number of benzene rings is 2. The number of aldehydes is 1. The molecule has 0 saturated heterocycles. The Kier molecular flexibility index (Phi) is 8.27. The Bertz CT molecular complexity index is 857. The summed E-state index contributed by atoms with van der Waals surface area (Å²) in [4.78, 5) is 15.8. The lowest BCUT2D eigenvalue weighted by atomic mass is 10.0. The average Bonchev–Trinajstić information content (AvgIpc) is 2.69. The molecule has 0 aliphatic rings. The maximum Gasteiger partial charge on any atom is 0.193 e. The van der Waals surface area contributed by atoms with E-state index in [0.717, 1.165) is 23.8 Å². The summed E-state index contributed by atoms with van der Waals surface area (Å²) in [5.74, 6) is 1.12. The molecular formula is C23H27ClN2O2. The van der Waals surface area contributed by atoms with Gasteiger partial charge in [0.1, 0.15) is 18.7 Å². The van der Waals surface area contributed by atoms with Crippen molar-refractivity contribution in [2.45, 2.75) is 33.8 Å². The monoisotopic (exact) mass is 398 g/mol. The lowest BCUT2D eigenvalue weighted by Crippen LogP contribution is -2.20. The Morgan fingerprint density at radius 1 is 1.21 bits per heavy atom. The summed E-state index contributed by atoms with van der Waals surface area (Å²) in [6.45, 7) is 6.26. The van der Waals surface area contributed by atoms with E-state index in [1.165, 1.54) is 5.56 Å². The number of carbonyl (C=O) groups excluding carboxylic acids is 1. The number of hydrogen-bond donors (Lipinski definition) is 1. The second kappa shape index (κ2) is 10.7. The van der Waals surface area contributed by atoms with E-state index >= 15 is 0 Å². The van der Waals surface area contributed by atoms with E-state index in [4.69, 9.17) is 16.3 Å². The number of ether oxygens (including phenoxy) is 1. The zero-order chi connectivity index (χ0) is 20.5. The smallest absolute Gasteiger partial charge is 0.193 e. The number of nitrogens with zero attached hydrogens (tertiary/aromatic N) is 1. The highest BCUT2D eigenvalue weighted by atomic mass is 35.5. The Morgan fingerprint density at radius 2 is 1.93 bits per heavy atom. The highest BCUT2D eigenvalue weighted by Crippen LogP contribution is 2.17. The molecule has 0 fully saturated rings. The number of nitrogens with one attached hydrogen (secondary N) is 1. The molecule has 5 heteroatoms. The predicted octanol–water partition coefficient (Wildman–Crippen LogP) is 5.09. The summed E-state index contributed by atoms with van der Waals surface area (Å²) in [7, 11) is 1.74. The number of aliphatic imine (C=N–C) groups is 1. The van der Waals surface area contributed by atoms with Crippen molar-refractivity contribution in [2.24, 2.45) is 10.9 Å². The average molecular weight is 399 g/mol. The number of allylic oxidation sites excluding steroid dienone is 1. The van der Waals surface area contributed by atoms with Gasteiger partial charge in [-0.1, -0.05) is 60.5 Å². The molecule has 0 saturated carbocycles. The molecule has 2 aromatic rings. The van der Waals surface area contributed by atoms with Gasteiger partial charge >= 0.3 is 0 Å². The van der Waals surface area contributed by atoms with Crippen molar-refractivity contribution in [3.05, 3.63) is 81.6 Å². The highest BCUT2D eigenvalue weighted by Gasteiger charge is 2.15. The van der Waals surface area contributed by atoms with E-state index < -0.39 is 0 Å². The van der Waals surface area contributed by atoms with E-state index in [1.807, 2.05) is 36.4 Å². The highest BCUT2D eigenvalue weighted by molar-refractivity contribution is 6.30. The largest absolute Gasteiger partial charge is 0.476 e. The van der Waals surface area contributed by atoms with Crippen LogP contribution >= 0.6 is 11.6 Å². The van der Waals surface area contributed by atoms with Crippen molar-refractivity contribution < 1.29 is 9.53 Å². The number of hydrogen-bond acceptors (Lipinski definition) is 4. The summed E-state index contributed by atoms with van der Waals surface area (Å²) in [6, 6.07) is 15.9. The molecule has 1 N–H and O–H groups in total. The van der Waals surface area contributed by atoms with Crippen molar-refractivity contribution in [3.8, 4) is 0 Å². The summed E-state index contributed by atoms with van der Waals surface area (Å²) < 4.78 is 6.10. The van der Waals surface area contributed by atoms with Crippen molar-refractivity contribution in [3.63, 3.8) is 0 Å². The molecular weight excluding hydrogens is 372 g/mol. The SMILES string of the molecule is CN/C(N=C(OCc1cccc(C)c1)C(C)Cc1ccc(Cl)cc1)=C(/C)C=O. The van der Waals surface area contributed by atoms with Crippen LogP contribution < -0.4 is 5.32 Å². The molecule has 2 aromatic carbocycles. The number of rotatable bonds is 8. The zero-order valence-corrected chi connectivity index (χ0v) is 17.6. The van der Waals surface area contributed by atoms with Crippen LogP contribution in [0.2, 0.25) is 5.02 Å². The Morgan fingerprint density at radius 3 is 2.54 bits per heavy atom. The van der Waals surface area contributed by atoms with E-state index in [-0.39, 0.29) is 5.92 Å². The minimum absolute atomic E-state index is 0.0220. The van der Waals surface area contributed by atoms with E-state index in [1.54, 1.807) is 14.0 Å². The van der Waals surface area contributed by atoms with Crippen LogP contribution in [-0.2, 0) is 22.6 Å². The minimum Gasteiger partial charge on any atom is -0.476 e. The molecule has 0 aliphatic carbocycles. The zero-order valence-electron chi connectivity index (χ0n) is 16.8. The molecule has 0 aliphatic heterocycles. The van der Waals surface area contributed by atoms with Crippen LogP contribution in [0.15, 0.2) is 64.9 Å². The lowest BCUT2D eigenvalue weighted by Gasteiger charge is -2.18. The molecule has 2 rings (SSSR count).